The minimum absolute atomic E-state index is 0.385. The van der Waals surface area contributed by atoms with E-state index >= 15 is 0 Å². The van der Waals surface area contributed by atoms with Crippen molar-refractivity contribution in [1.82, 2.24) is 9.88 Å². The largest absolute Gasteiger partial charge is 0.485 e. The van der Waals surface area contributed by atoms with Crippen LogP contribution in [0.4, 0.5) is 4.79 Å². The molecule has 0 saturated heterocycles. The number of unbranched alkanes of at least 4 members (excludes halogenated alkanes) is 2. The van der Waals surface area contributed by atoms with Crippen molar-refractivity contribution in [1.29, 1.82) is 0 Å². The molecule has 1 aliphatic heterocycles. The van der Waals surface area contributed by atoms with Crippen LogP contribution in [0.1, 0.15) is 78.0 Å². The third kappa shape index (κ3) is 4.96. The summed E-state index contributed by atoms with van der Waals surface area (Å²) in [4.78, 5) is 19.5. The molecule has 0 spiro atoms. The molecule has 1 aromatic heterocycles. The van der Waals surface area contributed by atoms with E-state index < -0.39 is 29.4 Å². The van der Waals surface area contributed by atoms with E-state index in [2.05, 4.69) is 11.9 Å². The van der Waals surface area contributed by atoms with Crippen molar-refractivity contribution in [2.24, 2.45) is 0 Å². The number of amides is 1. The SMILES string of the molecule is CCCCCN(C(=O)O[C@H]1c2cc3nc(Cl)cc(C)c3cc2OC(C)(C)[C@@H]1O)C(C)(C)C. The molecule has 0 fully saturated rings. The predicted molar refractivity (Wildman–Crippen MR) is 127 cm³/mol. The summed E-state index contributed by atoms with van der Waals surface area (Å²) in [5.41, 5.74) is 0.886. The Kier molecular flexibility index (Phi) is 6.97. The summed E-state index contributed by atoms with van der Waals surface area (Å²) in [5.74, 6) is 0.575. The Hall–Kier alpha value is -2.05. The van der Waals surface area contributed by atoms with E-state index in [1.54, 1.807) is 30.9 Å². The quantitative estimate of drug-likeness (QED) is 0.423. The zero-order valence-corrected chi connectivity index (χ0v) is 20.9. The zero-order valence-electron chi connectivity index (χ0n) is 20.2. The normalized spacial score (nSPS) is 19.9. The smallest absolute Gasteiger partial charge is 0.410 e. The number of hydrogen-bond acceptors (Lipinski definition) is 5. The van der Waals surface area contributed by atoms with Crippen molar-refractivity contribution in [2.45, 2.75) is 91.1 Å². The number of benzene rings is 1. The first-order valence-electron chi connectivity index (χ1n) is 11.3. The topological polar surface area (TPSA) is 71.9 Å². The molecule has 1 aromatic carbocycles. The molecule has 1 amide bonds. The van der Waals surface area contributed by atoms with E-state index in [0.717, 1.165) is 30.2 Å². The highest BCUT2D eigenvalue weighted by atomic mass is 35.5. The minimum Gasteiger partial charge on any atom is -0.485 e. The Bertz CT molecular complexity index is 1000. The van der Waals surface area contributed by atoms with Gasteiger partial charge in [-0.25, -0.2) is 9.78 Å². The molecule has 32 heavy (non-hydrogen) atoms. The van der Waals surface area contributed by atoms with Gasteiger partial charge in [0, 0.05) is 23.0 Å². The third-order valence-corrected chi connectivity index (χ3v) is 6.23. The predicted octanol–water partition coefficient (Wildman–Crippen LogP) is 6.20. The van der Waals surface area contributed by atoms with Gasteiger partial charge in [0.15, 0.2) is 6.10 Å². The number of ether oxygens (including phenoxy) is 2. The molecule has 2 heterocycles. The first-order chi connectivity index (χ1) is 14.8. The second-order valence-corrected chi connectivity index (χ2v) is 10.5. The van der Waals surface area contributed by atoms with Crippen LogP contribution < -0.4 is 4.74 Å². The van der Waals surface area contributed by atoms with Gasteiger partial charge in [-0.1, -0.05) is 31.4 Å². The number of fused-ring (bicyclic) bond motifs is 2. The average Bonchev–Trinajstić information content (AvgIpc) is 2.67. The summed E-state index contributed by atoms with van der Waals surface area (Å²) in [7, 11) is 0. The minimum atomic E-state index is -1.05. The molecular formula is C25H35ClN2O4. The van der Waals surface area contributed by atoms with Gasteiger partial charge in [-0.15, -0.1) is 0 Å². The lowest BCUT2D eigenvalue weighted by Crippen LogP contribution is -2.52. The summed E-state index contributed by atoms with van der Waals surface area (Å²) in [6.45, 7) is 14.2. The highest BCUT2D eigenvalue weighted by molar-refractivity contribution is 6.29. The number of carbonyl (C=O) groups is 1. The van der Waals surface area contributed by atoms with Crippen molar-refractivity contribution < 1.29 is 19.4 Å². The van der Waals surface area contributed by atoms with Crippen LogP contribution in [0.5, 0.6) is 5.75 Å². The van der Waals surface area contributed by atoms with Crippen LogP contribution in [0.15, 0.2) is 18.2 Å². The van der Waals surface area contributed by atoms with Crippen LogP contribution in [0.3, 0.4) is 0 Å². The van der Waals surface area contributed by atoms with Crippen LogP contribution in [0.25, 0.3) is 10.9 Å². The van der Waals surface area contributed by atoms with Crippen LogP contribution >= 0.6 is 11.6 Å². The number of aliphatic hydroxyl groups is 1. The molecule has 0 radical (unpaired) electrons. The lowest BCUT2D eigenvalue weighted by atomic mass is 9.87. The number of aromatic nitrogens is 1. The van der Waals surface area contributed by atoms with Gasteiger partial charge in [0.1, 0.15) is 22.6 Å². The second kappa shape index (κ2) is 9.06. The first-order valence-corrected chi connectivity index (χ1v) is 11.7. The second-order valence-electron chi connectivity index (χ2n) is 10.2. The number of pyridine rings is 1. The number of aryl methyl sites for hydroxylation is 1. The molecule has 2 aromatic rings. The third-order valence-electron chi connectivity index (χ3n) is 6.04. The highest BCUT2D eigenvalue weighted by Crippen LogP contribution is 2.44. The number of hydrogen-bond donors (Lipinski definition) is 1. The summed E-state index contributed by atoms with van der Waals surface area (Å²) in [5, 5.41) is 12.4. The molecular weight excluding hydrogens is 428 g/mol. The van der Waals surface area contributed by atoms with Crippen LogP contribution in [-0.4, -0.2) is 44.9 Å². The van der Waals surface area contributed by atoms with Gasteiger partial charge in [0.2, 0.25) is 0 Å². The van der Waals surface area contributed by atoms with E-state index in [0.29, 0.717) is 28.5 Å². The van der Waals surface area contributed by atoms with Gasteiger partial charge < -0.3 is 19.5 Å². The monoisotopic (exact) mass is 462 g/mol. The number of aliphatic hydroxyl groups excluding tert-OH is 1. The Morgan fingerprint density at radius 3 is 2.59 bits per heavy atom. The molecule has 1 N–H and O–H groups in total. The van der Waals surface area contributed by atoms with E-state index in [1.165, 1.54) is 0 Å². The Balaban J connectivity index is 2.01. The maximum absolute atomic E-state index is 13.3. The molecule has 0 unspecified atom stereocenters. The maximum atomic E-state index is 13.3. The summed E-state index contributed by atoms with van der Waals surface area (Å²) in [6, 6.07) is 5.49. The lowest BCUT2D eigenvalue weighted by Gasteiger charge is -2.43. The van der Waals surface area contributed by atoms with Crippen molar-refractivity contribution in [2.75, 3.05) is 6.54 Å². The molecule has 2 atom stereocenters. The molecule has 0 bridgehead atoms. The van der Waals surface area contributed by atoms with Gasteiger partial charge in [-0.2, -0.15) is 0 Å². The molecule has 7 heteroatoms. The molecule has 0 saturated carbocycles. The number of halogens is 1. The van der Waals surface area contributed by atoms with Crippen molar-refractivity contribution in [3.05, 3.63) is 34.5 Å². The number of nitrogens with zero attached hydrogens (tertiary/aromatic N) is 2. The molecule has 3 rings (SSSR count). The fourth-order valence-corrected chi connectivity index (χ4v) is 4.36. The summed E-state index contributed by atoms with van der Waals surface area (Å²) >= 11 is 6.17. The van der Waals surface area contributed by atoms with Gasteiger partial charge in [-0.05, 0) is 71.7 Å². The summed E-state index contributed by atoms with van der Waals surface area (Å²) < 4.78 is 12.1. The number of carbonyl (C=O) groups excluding carboxylic acids is 1. The van der Waals surface area contributed by atoms with Gasteiger partial charge in [-0.3, -0.25) is 0 Å². The van der Waals surface area contributed by atoms with E-state index in [-0.39, 0.29) is 0 Å². The molecule has 6 nitrogen and oxygen atoms in total. The number of rotatable bonds is 5. The van der Waals surface area contributed by atoms with E-state index in [1.807, 2.05) is 33.8 Å². The fourth-order valence-electron chi connectivity index (χ4n) is 4.11. The van der Waals surface area contributed by atoms with Gasteiger partial charge in [0.25, 0.3) is 0 Å². The average molecular weight is 463 g/mol. The molecule has 1 aliphatic rings. The zero-order chi connectivity index (χ0) is 23.8. The van der Waals surface area contributed by atoms with Crippen LogP contribution in [-0.2, 0) is 4.74 Å². The lowest BCUT2D eigenvalue weighted by molar-refractivity contribution is -0.119. The first kappa shape index (κ1) is 24.6. The van der Waals surface area contributed by atoms with Crippen LogP contribution in [0.2, 0.25) is 5.15 Å². The van der Waals surface area contributed by atoms with E-state index in [4.69, 9.17) is 21.1 Å². The Labute approximate surface area is 195 Å². The fraction of sp³-hybridized carbons (Fsp3) is 0.600. The molecule has 176 valence electrons. The Morgan fingerprint density at radius 1 is 1.28 bits per heavy atom. The Morgan fingerprint density at radius 2 is 1.97 bits per heavy atom. The van der Waals surface area contributed by atoms with Crippen molar-refractivity contribution in [3.8, 4) is 5.75 Å². The highest BCUT2D eigenvalue weighted by Gasteiger charge is 2.46. The van der Waals surface area contributed by atoms with Crippen molar-refractivity contribution >= 4 is 28.6 Å². The molecule has 0 aliphatic carbocycles. The van der Waals surface area contributed by atoms with Gasteiger partial charge in [0.05, 0.1) is 5.52 Å². The van der Waals surface area contributed by atoms with Gasteiger partial charge >= 0.3 is 6.09 Å². The van der Waals surface area contributed by atoms with Crippen molar-refractivity contribution in [3.63, 3.8) is 0 Å². The maximum Gasteiger partial charge on any atom is 0.410 e. The van der Waals surface area contributed by atoms with Crippen LogP contribution in [0, 0.1) is 6.92 Å². The van der Waals surface area contributed by atoms with E-state index in [9.17, 15) is 9.90 Å². The summed E-state index contributed by atoms with van der Waals surface area (Å²) in [6.07, 6.45) is 0.615. The standard InChI is InChI=1S/C25H35ClN2O4/c1-8-9-10-11-28(24(3,4)5)23(30)31-21-17-13-18-16(15(2)12-20(26)27-18)14-19(17)32-25(6,7)22(21)29/h12-14,21-22,29H,8-11H2,1-7H3/t21-,22+/m0/s1.